The van der Waals surface area contributed by atoms with Crippen LogP contribution >= 0.6 is 0 Å². The summed E-state index contributed by atoms with van der Waals surface area (Å²) < 4.78 is 19.2. The molecule has 80 valence electrons. The van der Waals surface area contributed by atoms with Crippen molar-refractivity contribution in [3.8, 4) is 5.75 Å². The normalized spacial score (nSPS) is 14.1. The summed E-state index contributed by atoms with van der Waals surface area (Å²) in [5.74, 6) is 0.432. The number of benzene rings is 1. The van der Waals surface area contributed by atoms with Gasteiger partial charge in [0.15, 0.2) is 0 Å². The first-order valence-corrected chi connectivity index (χ1v) is 5.14. The molecule has 0 saturated heterocycles. The van der Waals surface area contributed by atoms with Gasteiger partial charge in [-0.1, -0.05) is 12.2 Å². The highest BCUT2D eigenvalue weighted by molar-refractivity contribution is 5.62. The van der Waals surface area contributed by atoms with E-state index in [1.54, 1.807) is 0 Å². The summed E-state index contributed by atoms with van der Waals surface area (Å²) in [4.78, 5) is 0. The number of allylic oxidation sites excluding steroid dienone is 1. The molecule has 0 radical (unpaired) electrons. The summed E-state index contributed by atoms with van der Waals surface area (Å²) in [5.41, 5.74) is 1.42. The van der Waals surface area contributed by atoms with Crippen LogP contribution < -0.4 is 4.74 Å². The van der Waals surface area contributed by atoms with Crippen molar-refractivity contribution in [3.63, 3.8) is 0 Å². The minimum atomic E-state index is -0.289. The lowest BCUT2D eigenvalue weighted by atomic mass is 10.1. The minimum Gasteiger partial charge on any atom is -0.488 e. The summed E-state index contributed by atoms with van der Waals surface area (Å²) in [6, 6.07) is 3.37. The van der Waals surface area contributed by atoms with E-state index < -0.39 is 0 Å². The van der Waals surface area contributed by atoms with Crippen molar-refractivity contribution in [1.29, 1.82) is 0 Å². The van der Waals surface area contributed by atoms with Gasteiger partial charge >= 0.3 is 0 Å². The standard InChI is InChI=1S/C13H15FO/c1-13(2,3)15-10-7-9-5-4-6-11(9)12(14)8-10/h4-5,7-8H,6H2,1-3H3. The summed E-state index contributed by atoms with van der Waals surface area (Å²) in [7, 11) is 0. The van der Waals surface area contributed by atoms with Gasteiger partial charge in [0.2, 0.25) is 0 Å². The van der Waals surface area contributed by atoms with Crippen molar-refractivity contribution >= 4 is 6.08 Å². The molecule has 0 spiro atoms. The van der Waals surface area contributed by atoms with Crippen LogP contribution in [0.2, 0.25) is 0 Å². The Kier molecular flexibility index (Phi) is 2.29. The largest absolute Gasteiger partial charge is 0.488 e. The number of rotatable bonds is 1. The van der Waals surface area contributed by atoms with E-state index in [-0.39, 0.29) is 11.4 Å². The molecule has 0 aromatic heterocycles. The average molecular weight is 206 g/mol. The van der Waals surface area contributed by atoms with E-state index in [4.69, 9.17) is 4.74 Å². The SMILES string of the molecule is CC(C)(C)Oc1cc(F)c2c(c1)C=CC2. The zero-order chi connectivity index (χ0) is 11.1. The van der Waals surface area contributed by atoms with Gasteiger partial charge in [-0.25, -0.2) is 4.39 Å². The molecule has 0 N–H and O–H groups in total. The van der Waals surface area contributed by atoms with Gasteiger partial charge in [-0.3, -0.25) is 0 Å². The Morgan fingerprint density at radius 1 is 1.27 bits per heavy atom. The van der Waals surface area contributed by atoms with Crippen LogP contribution in [-0.2, 0) is 6.42 Å². The Hall–Kier alpha value is -1.31. The molecule has 0 unspecified atom stereocenters. The lowest BCUT2D eigenvalue weighted by molar-refractivity contribution is 0.130. The molecule has 0 aliphatic heterocycles. The third kappa shape index (κ3) is 2.20. The van der Waals surface area contributed by atoms with Crippen LogP contribution in [0.5, 0.6) is 5.75 Å². The smallest absolute Gasteiger partial charge is 0.130 e. The molecule has 1 aliphatic rings. The zero-order valence-electron chi connectivity index (χ0n) is 9.30. The second kappa shape index (κ2) is 3.37. The Morgan fingerprint density at radius 2 is 2.00 bits per heavy atom. The highest BCUT2D eigenvalue weighted by Gasteiger charge is 2.16. The van der Waals surface area contributed by atoms with Crippen molar-refractivity contribution in [2.75, 3.05) is 0 Å². The molecule has 0 fully saturated rings. The van der Waals surface area contributed by atoms with Crippen molar-refractivity contribution in [1.82, 2.24) is 0 Å². The third-order valence-corrected chi connectivity index (χ3v) is 2.25. The Balaban J connectivity index is 2.35. The molecule has 1 aromatic rings. The quantitative estimate of drug-likeness (QED) is 0.682. The van der Waals surface area contributed by atoms with Crippen LogP contribution in [0.3, 0.4) is 0 Å². The molecular formula is C13H15FO. The summed E-state index contributed by atoms with van der Waals surface area (Å²) in [6.07, 6.45) is 4.60. The maximum absolute atomic E-state index is 13.6. The van der Waals surface area contributed by atoms with Crippen molar-refractivity contribution in [3.05, 3.63) is 35.2 Å². The first kappa shape index (κ1) is 10.2. The number of hydrogen-bond acceptors (Lipinski definition) is 1. The highest BCUT2D eigenvalue weighted by atomic mass is 19.1. The molecule has 0 bridgehead atoms. The molecule has 2 rings (SSSR count). The number of fused-ring (bicyclic) bond motifs is 1. The fourth-order valence-corrected chi connectivity index (χ4v) is 1.71. The number of ether oxygens (including phenoxy) is 1. The van der Waals surface area contributed by atoms with Gasteiger partial charge < -0.3 is 4.74 Å². The third-order valence-electron chi connectivity index (χ3n) is 2.25. The second-order valence-electron chi connectivity index (χ2n) is 4.79. The zero-order valence-corrected chi connectivity index (χ0v) is 9.30. The molecule has 1 aliphatic carbocycles. The van der Waals surface area contributed by atoms with E-state index in [2.05, 4.69) is 0 Å². The maximum atomic E-state index is 13.6. The monoisotopic (exact) mass is 206 g/mol. The fraction of sp³-hybridized carbons (Fsp3) is 0.385. The predicted molar refractivity (Wildman–Crippen MR) is 59.5 cm³/mol. The average Bonchev–Trinajstić information content (AvgIpc) is 2.48. The van der Waals surface area contributed by atoms with Crippen LogP contribution in [0.1, 0.15) is 31.9 Å². The lowest BCUT2D eigenvalue weighted by Crippen LogP contribution is -2.23. The number of hydrogen-bond donors (Lipinski definition) is 0. The first-order valence-electron chi connectivity index (χ1n) is 5.14. The molecule has 0 saturated carbocycles. The molecule has 2 heteroatoms. The van der Waals surface area contributed by atoms with Crippen molar-refractivity contribution < 1.29 is 9.13 Å². The summed E-state index contributed by atoms with van der Waals surface area (Å²) >= 11 is 0. The molecule has 0 atom stereocenters. The maximum Gasteiger partial charge on any atom is 0.130 e. The minimum absolute atomic E-state index is 0.170. The molecule has 1 nitrogen and oxygen atoms in total. The van der Waals surface area contributed by atoms with Crippen LogP contribution in [0.15, 0.2) is 18.2 Å². The van der Waals surface area contributed by atoms with Gasteiger partial charge in [-0.05, 0) is 44.4 Å². The first-order chi connectivity index (χ1) is 6.96. The Bertz CT molecular complexity index is 413. The van der Waals surface area contributed by atoms with Crippen molar-refractivity contribution in [2.45, 2.75) is 32.8 Å². The Labute approximate surface area is 89.6 Å². The molecule has 1 aromatic carbocycles. The van der Waals surface area contributed by atoms with E-state index >= 15 is 0 Å². The lowest BCUT2D eigenvalue weighted by Gasteiger charge is -2.21. The predicted octanol–water partition coefficient (Wildman–Crippen LogP) is 3.57. The highest BCUT2D eigenvalue weighted by Crippen LogP contribution is 2.29. The van der Waals surface area contributed by atoms with Crippen LogP contribution in [0.25, 0.3) is 6.08 Å². The van der Waals surface area contributed by atoms with E-state index in [9.17, 15) is 4.39 Å². The molecule has 0 amide bonds. The topological polar surface area (TPSA) is 9.23 Å². The molecule has 0 heterocycles. The van der Waals surface area contributed by atoms with E-state index in [1.807, 2.05) is 39.0 Å². The van der Waals surface area contributed by atoms with Crippen molar-refractivity contribution in [2.24, 2.45) is 0 Å². The van der Waals surface area contributed by atoms with Crippen LogP contribution in [0.4, 0.5) is 4.39 Å². The van der Waals surface area contributed by atoms with Gasteiger partial charge in [0, 0.05) is 6.07 Å². The molecule has 15 heavy (non-hydrogen) atoms. The van der Waals surface area contributed by atoms with E-state index in [0.717, 1.165) is 11.1 Å². The summed E-state index contributed by atoms with van der Waals surface area (Å²) in [5, 5.41) is 0. The van der Waals surface area contributed by atoms with Gasteiger partial charge in [-0.15, -0.1) is 0 Å². The fourth-order valence-electron chi connectivity index (χ4n) is 1.71. The van der Waals surface area contributed by atoms with Gasteiger partial charge in [0.1, 0.15) is 17.2 Å². The number of halogens is 1. The van der Waals surface area contributed by atoms with Gasteiger partial charge in [0.05, 0.1) is 0 Å². The van der Waals surface area contributed by atoms with E-state index in [0.29, 0.717) is 12.2 Å². The second-order valence-corrected chi connectivity index (χ2v) is 4.79. The van der Waals surface area contributed by atoms with Crippen LogP contribution in [0, 0.1) is 5.82 Å². The molecular weight excluding hydrogens is 191 g/mol. The summed E-state index contributed by atoms with van der Waals surface area (Å²) in [6.45, 7) is 5.86. The van der Waals surface area contributed by atoms with E-state index in [1.165, 1.54) is 6.07 Å². The van der Waals surface area contributed by atoms with Crippen LogP contribution in [-0.4, -0.2) is 5.60 Å². The Morgan fingerprint density at radius 3 is 2.67 bits per heavy atom. The van der Waals surface area contributed by atoms with Gasteiger partial charge in [-0.2, -0.15) is 0 Å². The van der Waals surface area contributed by atoms with Gasteiger partial charge in [0.25, 0.3) is 0 Å².